The molecule has 2 aromatic rings. The minimum Gasteiger partial charge on any atom is -0.378 e. The minimum absolute atomic E-state index is 0.0764. The summed E-state index contributed by atoms with van der Waals surface area (Å²) in [4.78, 5) is 30.2. The number of hydrogen-bond donors (Lipinski definition) is 1. The van der Waals surface area contributed by atoms with Gasteiger partial charge in [0.1, 0.15) is 0 Å². The van der Waals surface area contributed by atoms with Crippen LogP contribution in [-0.2, 0) is 4.79 Å². The number of urea groups is 1. The molecule has 1 aliphatic rings. The summed E-state index contributed by atoms with van der Waals surface area (Å²) in [5, 5.41) is 3.03. The summed E-state index contributed by atoms with van der Waals surface area (Å²) in [5.74, 6) is 0.519. The first kappa shape index (κ1) is 21.7. The molecule has 0 spiro atoms. The lowest BCUT2D eigenvalue weighted by Gasteiger charge is -2.32. The van der Waals surface area contributed by atoms with E-state index < -0.39 is 0 Å². The summed E-state index contributed by atoms with van der Waals surface area (Å²) in [6, 6.07) is 16.2. The van der Waals surface area contributed by atoms with Crippen molar-refractivity contribution in [2.75, 3.05) is 51.5 Å². The molecule has 160 valence electrons. The Morgan fingerprint density at radius 2 is 1.63 bits per heavy atom. The smallest absolute Gasteiger partial charge is 0.321 e. The van der Waals surface area contributed by atoms with Crippen LogP contribution < -0.4 is 10.2 Å². The Labute approximate surface area is 179 Å². The average molecular weight is 409 g/mol. The first-order chi connectivity index (χ1) is 14.3. The van der Waals surface area contributed by atoms with Gasteiger partial charge in [-0.25, -0.2) is 4.79 Å². The van der Waals surface area contributed by atoms with Gasteiger partial charge < -0.3 is 20.0 Å². The van der Waals surface area contributed by atoms with E-state index in [2.05, 4.69) is 34.5 Å². The summed E-state index contributed by atoms with van der Waals surface area (Å²) >= 11 is 0. The molecule has 1 heterocycles. The third-order valence-electron chi connectivity index (χ3n) is 5.69. The second-order valence-corrected chi connectivity index (χ2v) is 8.37. The molecule has 0 aliphatic carbocycles. The fourth-order valence-corrected chi connectivity index (χ4v) is 3.70. The van der Waals surface area contributed by atoms with Crippen molar-refractivity contribution in [3.63, 3.8) is 0 Å². The number of benzene rings is 2. The lowest BCUT2D eigenvalue weighted by atomic mass is 9.93. The van der Waals surface area contributed by atoms with Gasteiger partial charge in [-0.1, -0.05) is 24.3 Å². The maximum absolute atomic E-state index is 12.7. The summed E-state index contributed by atoms with van der Waals surface area (Å²) in [6.45, 7) is 1.37. The van der Waals surface area contributed by atoms with E-state index in [-0.39, 0.29) is 11.9 Å². The van der Waals surface area contributed by atoms with Gasteiger partial charge in [0.25, 0.3) is 0 Å². The Balaban J connectivity index is 1.57. The summed E-state index contributed by atoms with van der Waals surface area (Å²) in [7, 11) is 7.62. The molecule has 3 amide bonds. The van der Waals surface area contributed by atoms with Crippen LogP contribution >= 0.6 is 0 Å². The number of nitrogens with one attached hydrogen (secondary N) is 1. The number of hydrogen-bond acceptors (Lipinski definition) is 3. The van der Waals surface area contributed by atoms with Gasteiger partial charge in [-0.15, -0.1) is 0 Å². The van der Waals surface area contributed by atoms with Crippen LogP contribution in [0.25, 0.3) is 11.1 Å². The fourth-order valence-electron chi connectivity index (χ4n) is 3.70. The highest BCUT2D eigenvalue weighted by atomic mass is 16.2. The number of carbonyl (C=O) groups is 2. The number of piperidine rings is 1. The number of carbonyl (C=O) groups excluding carboxylic acids is 2. The van der Waals surface area contributed by atoms with Gasteiger partial charge in [0.2, 0.25) is 5.91 Å². The Kier molecular flexibility index (Phi) is 6.98. The van der Waals surface area contributed by atoms with Crippen LogP contribution in [0.4, 0.5) is 16.2 Å². The highest BCUT2D eigenvalue weighted by molar-refractivity contribution is 5.90. The van der Waals surface area contributed by atoms with Gasteiger partial charge in [0.15, 0.2) is 0 Å². The zero-order valence-corrected chi connectivity index (χ0v) is 18.4. The zero-order valence-electron chi connectivity index (χ0n) is 18.4. The van der Waals surface area contributed by atoms with E-state index >= 15 is 0 Å². The Hall–Kier alpha value is -3.02. The van der Waals surface area contributed by atoms with Gasteiger partial charge in [-0.05, 0) is 54.2 Å². The summed E-state index contributed by atoms with van der Waals surface area (Å²) in [6.07, 6.45) is 2.30. The Bertz CT molecular complexity index is 869. The van der Waals surface area contributed by atoms with Gasteiger partial charge >= 0.3 is 6.03 Å². The molecule has 6 heteroatoms. The van der Waals surface area contributed by atoms with Crippen molar-refractivity contribution >= 4 is 23.3 Å². The molecule has 0 unspecified atom stereocenters. The van der Waals surface area contributed by atoms with Crippen molar-refractivity contribution in [1.29, 1.82) is 0 Å². The number of anilines is 2. The Morgan fingerprint density at radius 3 is 2.23 bits per heavy atom. The molecule has 0 aromatic heterocycles. The van der Waals surface area contributed by atoms with Crippen molar-refractivity contribution in [3.05, 3.63) is 48.5 Å². The number of rotatable bonds is 5. The molecule has 0 atom stereocenters. The molecule has 2 aromatic carbocycles. The molecule has 6 nitrogen and oxygen atoms in total. The highest BCUT2D eigenvalue weighted by Crippen LogP contribution is 2.26. The lowest BCUT2D eigenvalue weighted by Crippen LogP contribution is -2.41. The quantitative estimate of drug-likeness (QED) is 0.809. The molecular weight excluding hydrogens is 376 g/mol. The summed E-state index contributed by atoms with van der Waals surface area (Å²) in [5.41, 5.74) is 4.13. The zero-order chi connectivity index (χ0) is 21.7. The molecule has 3 rings (SSSR count). The van der Waals surface area contributed by atoms with Gasteiger partial charge in [-0.3, -0.25) is 4.79 Å². The predicted molar refractivity (Wildman–Crippen MR) is 123 cm³/mol. The molecule has 1 saturated heterocycles. The van der Waals surface area contributed by atoms with E-state index in [0.717, 1.165) is 35.3 Å². The maximum atomic E-state index is 12.7. The molecular formula is C24H32N4O2. The van der Waals surface area contributed by atoms with Crippen molar-refractivity contribution in [2.45, 2.75) is 19.3 Å². The molecule has 30 heavy (non-hydrogen) atoms. The first-order valence-electron chi connectivity index (χ1n) is 10.5. The van der Waals surface area contributed by atoms with E-state index in [1.165, 1.54) is 0 Å². The van der Waals surface area contributed by atoms with Crippen LogP contribution in [0, 0.1) is 5.92 Å². The maximum Gasteiger partial charge on any atom is 0.321 e. The largest absolute Gasteiger partial charge is 0.378 e. The van der Waals surface area contributed by atoms with Gasteiger partial charge in [0.05, 0.1) is 0 Å². The van der Waals surface area contributed by atoms with Crippen LogP contribution in [0.1, 0.15) is 19.3 Å². The third-order valence-corrected chi connectivity index (χ3v) is 5.69. The topological polar surface area (TPSA) is 55.9 Å². The predicted octanol–water partition coefficient (Wildman–Crippen LogP) is 4.14. The number of amides is 3. The van der Waals surface area contributed by atoms with Crippen molar-refractivity contribution in [1.82, 2.24) is 9.80 Å². The van der Waals surface area contributed by atoms with Crippen LogP contribution in [-0.4, -0.2) is 63.0 Å². The molecule has 0 bridgehead atoms. The summed E-state index contributed by atoms with van der Waals surface area (Å²) < 4.78 is 0. The first-order valence-corrected chi connectivity index (χ1v) is 10.5. The normalized spacial score (nSPS) is 14.3. The van der Waals surface area contributed by atoms with E-state index in [9.17, 15) is 9.59 Å². The molecule has 1 N–H and O–H groups in total. The fraction of sp³-hybridized carbons (Fsp3) is 0.417. The van der Waals surface area contributed by atoms with Crippen LogP contribution in [0.5, 0.6) is 0 Å². The van der Waals surface area contributed by atoms with Gasteiger partial charge in [-0.2, -0.15) is 0 Å². The van der Waals surface area contributed by atoms with E-state index in [1.54, 1.807) is 19.0 Å². The van der Waals surface area contributed by atoms with Crippen molar-refractivity contribution in [3.8, 4) is 11.1 Å². The highest BCUT2D eigenvalue weighted by Gasteiger charge is 2.25. The minimum atomic E-state index is -0.0764. The number of likely N-dealkylation sites (tertiary alicyclic amines) is 1. The van der Waals surface area contributed by atoms with Crippen LogP contribution in [0.2, 0.25) is 0 Å². The third kappa shape index (κ3) is 5.53. The Morgan fingerprint density at radius 1 is 0.967 bits per heavy atom. The number of nitrogens with zero attached hydrogens (tertiary/aromatic N) is 3. The standard InChI is InChI=1S/C24H32N4O2/c1-26(2)22-10-8-19(9-11-22)20-6-5-7-21(17-20)25-24(30)28-14-12-18(13-15-28)16-23(29)27(3)4/h5-11,17-18H,12-16H2,1-4H3,(H,25,30). The van der Waals surface area contributed by atoms with Gasteiger partial charge in [0, 0.05) is 59.1 Å². The van der Waals surface area contributed by atoms with E-state index in [4.69, 9.17) is 0 Å². The van der Waals surface area contributed by atoms with Crippen LogP contribution in [0.3, 0.4) is 0 Å². The monoisotopic (exact) mass is 408 g/mol. The SMILES string of the molecule is CN(C)C(=O)CC1CCN(C(=O)Nc2cccc(-c3ccc(N(C)C)cc3)c2)CC1. The molecule has 1 fully saturated rings. The van der Waals surface area contributed by atoms with Crippen molar-refractivity contribution < 1.29 is 9.59 Å². The lowest BCUT2D eigenvalue weighted by molar-refractivity contribution is -0.129. The second-order valence-electron chi connectivity index (χ2n) is 8.37. The second kappa shape index (κ2) is 9.65. The van der Waals surface area contributed by atoms with Crippen molar-refractivity contribution in [2.24, 2.45) is 5.92 Å². The van der Waals surface area contributed by atoms with E-state index in [0.29, 0.717) is 25.4 Å². The molecule has 1 aliphatic heterocycles. The average Bonchev–Trinajstić information content (AvgIpc) is 2.74. The van der Waals surface area contributed by atoms with Crippen LogP contribution in [0.15, 0.2) is 48.5 Å². The van der Waals surface area contributed by atoms with E-state index in [1.807, 2.05) is 43.3 Å². The molecule has 0 radical (unpaired) electrons. The molecule has 0 saturated carbocycles.